The Hall–Kier alpha value is -2.82. The van der Waals surface area contributed by atoms with Gasteiger partial charge in [-0.05, 0) is 29.8 Å². The average Bonchev–Trinajstić information content (AvgIpc) is 2.95. The lowest BCUT2D eigenvalue weighted by molar-refractivity contribution is 0.0696. The molecule has 0 saturated heterocycles. The largest absolute Gasteiger partial charge is 0.489 e. The van der Waals surface area contributed by atoms with Crippen molar-refractivity contribution in [3.05, 3.63) is 59.5 Å². The molecule has 0 aliphatic rings. The van der Waals surface area contributed by atoms with Gasteiger partial charge in [0.05, 0.1) is 5.56 Å². The second-order valence-electron chi connectivity index (χ2n) is 4.88. The summed E-state index contributed by atoms with van der Waals surface area (Å²) in [6.07, 6.45) is 0.743. The van der Waals surface area contributed by atoms with Crippen molar-refractivity contribution in [1.82, 2.24) is 4.98 Å². The number of aryl methyl sites for hydroxylation is 1. The maximum Gasteiger partial charge on any atom is 0.335 e. The first-order chi connectivity index (χ1) is 10.7. The molecule has 3 rings (SSSR count). The van der Waals surface area contributed by atoms with Crippen LogP contribution in [0.4, 0.5) is 0 Å². The average molecular weight is 297 g/mol. The lowest BCUT2D eigenvalue weighted by atomic mass is 10.1. The molecule has 2 aromatic carbocycles. The van der Waals surface area contributed by atoms with Gasteiger partial charge in [-0.3, -0.25) is 0 Å². The van der Waals surface area contributed by atoms with Crippen LogP contribution in [-0.4, -0.2) is 16.1 Å². The molecule has 0 unspecified atom stereocenters. The zero-order chi connectivity index (χ0) is 15.5. The van der Waals surface area contributed by atoms with Gasteiger partial charge in [0.1, 0.15) is 17.9 Å². The fourth-order valence-electron chi connectivity index (χ4n) is 2.16. The second kappa shape index (κ2) is 5.89. The number of oxazole rings is 1. The summed E-state index contributed by atoms with van der Waals surface area (Å²) in [6.45, 7) is 2.28. The van der Waals surface area contributed by atoms with E-state index in [1.807, 2.05) is 31.2 Å². The quantitative estimate of drug-likeness (QED) is 0.778. The summed E-state index contributed by atoms with van der Waals surface area (Å²) in [5, 5.41) is 8.98. The molecule has 22 heavy (non-hydrogen) atoms. The molecule has 1 aromatic heterocycles. The molecule has 1 N–H and O–H groups in total. The molecule has 0 saturated carbocycles. The Morgan fingerprint density at radius 2 is 2.14 bits per heavy atom. The van der Waals surface area contributed by atoms with Crippen molar-refractivity contribution in [2.75, 3.05) is 0 Å². The van der Waals surface area contributed by atoms with Gasteiger partial charge in [-0.2, -0.15) is 0 Å². The summed E-state index contributed by atoms with van der Waals surface area (Å²) in [5.74, 6) is 0.420. The van der Waals surface area contributed by atoms with Crippen LogP contribution >= 0.6 is 0 Å². The Balaban J connectivity index is 1.75. The Bertz CT molecular complexity index is 822. The first kappa shape index (κ1) is 14.1. The van der Waals surface area contributed by atoms with Gasteiger partial charge < -0.3 is 14.3 Å². The number of aromatic carboxylic acids is 1. The molecule has 0 atom stereocenters. The van der Waals surface area contributed by atoms with Gasteiger partial charge in [-0.1, -0.05) is 19.1 Å². The van der Waals surface area contributed by atoms with Crippen LogP contribution < -0.4 is 4.74 Å². The molecule has 5 heteroatoms. The number of ether oxygens (including phenoxy) is 1. The molecule has 0 aliphatic carbocycles. The molecular weight excluding hydrogens is 282 g/mol. The first-order valence-electron chi connectivity index (χ1n) is 7.00. The fourth-order valence-corrected chi connectivity index (χ4v) is 2.16. The van der Waals surface area contributed by atoms with Crippen LogP contribution in [0.1, 0.15) is 28.7 Å². The maximum absolute atomic E-state index is 10.9. The minimum atomic E-state index is -0.946. The third-order valence-electron chi connectivity index (χ3n) is 3.29. The van der Waals surface area contributed by atoms with Crippen molar-refractivity contribution >= 4 is 17.1 Å². The molecule has 0 bridgehead atoms. The molecule has 0 aliphatic heterocycles. The summed E-state index contributed by atoms with van der Waals surface area (Å²) in [4.78, 5) is 15.3. The Morgan fingerprint density at radius 3 is 2.91 bits per heavy atom. The number of fused-ring (bicyclic) bond motifs is 1. The molecular formula is C17H15NO4. The van der Waals surface area contributed by atoms with Gasteiger partial charge in [-0.25, -0.2) is 9.78 Å². The number of hydrogen-bond acceptors (Lipinski definition) is 4. The van der Waals surface area contributed by atoms with E-state index in [4.69, 9.17) is 14.3 Å². The predicted molar refractivity (Wildman–Crippen MR) is 81.1 cm³/mol. The number of rotatable bonds is 5. The van der Waals surface area contributed by atoms with Gasteiger partial charge in [0.2, 0.25) is 0 Å². The highest BCUT2D eigenvalue weighted by molar-refractivity contribution is 5.87. The van der Waals surface area contributed by atoms with E-state index in [2.05, 4.69) is 4.98 Å². The lowest BCUT2D eigenvalue weighted by Gasteiger charge is -2.06. The van der Waals surface area contributed by atoms with E-state index in [1.165, 1.54) is 0 Å². The summed E-state index contributed by atoms with van der Waals surface area (Å²) in [5.41, 5.74) is 2.54. The predicted octanol–water partition coefficient (Wildman–Crippen LogP) is 3.67. The van der Waals surface area contributed by atoms with Crippen LogP contribution in [-0.2, 0) is 13.0 Å². The number of carbonyl (C=O) groups is 1. The fraction of sp³-hybridized carbons (Fsp3) is 0.176. The van der Waals surface area contributed by atoms with Crippen molar-refractivity contribution in [3.63, 3.8) is 0 Å². The molecule has 112 valence electrons. The van der Waals surface area contributed by atoms with Crippen LogP contribution in [0, 0.1) is 0 Å². The molecule has 0 fully saturated rings. The number of hydrogen-bond donors (Lipinski definition) is 1. The zero-order valence-electron chi connectivity index (χ0n) is 12.1. The van der Waals surface area contributed by atoms with E-state index < -0.39 is 5.97 Å². The summed E-state index contributed by atoms with van der Waals surface area (Å²) >= 11 is 0. The molecule has 0 radical (unpaired) electrons. The van der Waals surface area contributed by atoms with Gasteiger partial charge in [0.15, 0.2) is 11.5 Å². The van der Waals surface area contributed by atoms with E-state index in [9.17, 15) is 4.79 Å². The third kappa shape index (κ3) is 2.93. The number of carboxylic acid groups (broad SMARTS) is 1. The normalized spacial score (nSPS) is 10.8. The SMILES string of the molecule is CCc1nc2cc(OCc3cccc(C(=O)O)c3)ccc2o1. The highest BCUT2D eigenvalue weighted by atomic mass is 16.5. The maximum atomic E-state index is 10.9. The van der Waals surface area contributed by atoms with Crippen LogP contribution in [0.2, 0.25) is 0 Å². The smallest absolute Gasteiger partial charge is 0.335 e. The number of nitrogens with zero attached hydrogens (tertiary/aromatic N) is 1. The van der Waals surface area contributed by atoms with Crippen LogP contribution in [0.3, 0.4) is 0 Å². The highest BCUT2D eigenvalue weighted by Gasteiger charge is 2.07. The van der Waals surface area contributed by atoms with Crippen LogP contribution in [0.15, 0.2) is 46.9 Å². The van der Waals surface area contributed by atoms with E-state index in [0.29, 0.717) is 18.2 Å². The number of benzene rings is 2. The van der Waals surface area contributed by atoms with E-state index in [1.54, 1.807) is 18.2 Å². The van der Waals surface area contributed by atoms with E-state index in [-0.39, 0.29) is 5.56 Å². The van der Waals surface area contributed by atoms with Crippen molar-refractivity contribution in [2.24, 2.45) is 0 Å². The van der Waals surface area contributed by atoms with Crippen molar-refractivity contribution in [2.45, 2.75) is 20.0 Å². The highest BCUT2D eigenvalue weighted by Crippen LogP contribution is 2.22. The Morgan fingerprint density at radius 1 is 1.27 bits per heavy atom. The van der Waals surface area contributed by atoms with Crippen LogP contribution in [0.5, 0.6) is 5.75 Å². The van der Waals surface area contributed by atoms with Gasteiger partial charge in [-0.15, -0.1) is 0 Å². The third-order valence-corrected chi connectivity index (χ3v) is 3.29. The number of carboxylic acids is 1. The monoisotopic (exact) mass is 297 g/mol. The Kier molecular flexibility index (Phi) is 3.78. The van der Waals surface area contributed by atoms with Crippen molar-refractivity contribution in [1.29, 1.82) is 0 Å². The molecule has 1 heterocycles. The molecule has 3 aromatic rings. The van der Waals surface area contributed by atoms with Crippen molar-refractivity contribution in [3.8, 4) is 5.75 Å². The molecule has 0 amide bonds. The minimum absolute atomic E-state index is 0.251. The second-order valence-corrected chi connectivity index (χ2v) is 4.88. The Labute approximate surface area is 127 Å². The van der Waals surface area contributed by atoms with Gasteiger partial charge in [0.25, 0.3) is 0 Å². The summed E-state index contributed by atoms with van der Waals surface area (Å²) in [7, 11) is 0. The minimum Gasteiger partial charge on any atom is -0.489 e. The van der Waals surface area contributed by atoms with E-state index in [0.717, 1.165) is 23.1 Å². The topological polar surface area (TPSA) is 72.6 Å². The number of aromatic nitrogens is 1. The molecule has 5 nitrogen and oxygen atoms in total. The standard InChI is InChI=1S/C17H15NO4/c1-2-16-18-14-9-13(6-7-15(14)22-16)21-10-11-4-3-5-12(8-11)17(19)20/h3-9H,2,10H2,1H3,(H,19,20). The van der Waals surface area contributed by atoms with Crippen LogP contribution in [0.25, 0.3) is 11.1 Å². The summed E-state index contributed by atoms with van der Waals surface area (Å²) in [6, 6.07) is 12.1. The van der Waals surface area contributed by atoms with Gasteiger partial charge in [0, 0.05) is 12.5 Å². The van der Waals surface area contributed by atoms with E-state index >= 15 is 0 Å². The zero-order valence-corrected chi connectivity index (χ0v) is 12.1. The molecule has 0 spiro atoms. The first-order valence-corrected chi connectivity index (χ1v) is 7.00. The summed E-state index contributed by atoms with van der Waals surface area (Å²) < 4.78 is 11.2. The lowest BCUT2D eigenvalue weighted by Crippen LogP contribution is -2.00. The van der Waals surface area contributed by atoms with Crippen molar-refractivity contribution < 1.29 is 19.1 Å². The van der Waals surface area contributed by atoms with Gasteiger partial charge >= 0.3 is 5.97 Å².